The zero-order chi connectivity index (χ0) is 30.7. The Labute approximate surface area is 270 Å². The van der Waals surface area contributed by atoms with Crippen LogP contribution in [0.15, 0.2) is 24.3 Å². The first-order chi connectivity index (χ1) is 20.5. The first-order valence-corrected chi connectivity index (χ1v) is 21.9. The Morgan fingerprint density at radius 2 is 1.79 bits per heavy atom. The number of alkyl halides is 3. The van der Waals surface area contributed by atoms with Crippen LogP contribution in [-0.4, -0.2) is 49.4 Å². The molecule has 0 saturated carbocycles. The number of aryl methyl sites for hydroxylation is 1. The van der Waals surface area contributed by atoms with E-state index in [9.17, 15) is 14.0 Å². The third kappa shape index (κ3) is 7.99. The summed E-state index contributed by atoms with van der Waals surface area (Å²) < 4.78 is 22.2. The molecule has 0 saturated heterocycles. The molecule has 2 aliphatic rings. The van der Waals surface area contributed by atoms with Gasteiger partial charge in [-0.2, -0.15) is 0 Å². The van der Waals surface area contributed by atoms with E-state index in [0.29, 0.717) is 17.1 Å². The quantitative estimate of drug-likeness (QED) is 0.132. The van der Waals surface area contributed by atoms with Gasteiger partial charge in [-0.05, 0) is 52.0 Å². The van der Waals surface area contributed by atoms with E-state index in [4.69, 9.17) is 4.74 Å². The molecule has 1 aliphatic heterocycles. The van der Waals surface area contributed by atoms with Gasteiger partial charge in [0.2, 0.25) is 0 Å². The van der Waals surface area contributed by atoms with E-state index in [2.05, 4.69) is 27.4 Å². The van der Waals surface area contributed by atoms with Crippen molar-refractivity contribution < 1.29 is 18.7 Å². The molecule has 0 fully saturated rings. The number of rotatable bonds is 9. The number of amides is 2. The normalized spacial score (nSPS) is 15.4. The second-order valence-electron chi connectivity index (χ2n) is 12.2. The predicted octanol–water partition coefficient (Wildman–Crippen LogP) is 8.29. The fraction of sp³-hybridized carbons (Fsp3) is 0.515. The molecule has 43 heavy (non-hydrogen) atoms. The Kier molecular flexibility index (Phi) is 10.5. The number of urea groups is 1. The number of nitrogens with zero attached hydrogens (tertiary/aromatic N) is 1. The van der Waals surface area contributed by atoms with Crippen LogP contribution in [0.2, 0.25) is 0 Å². The number of hydrogen-bond acceptors (Lipinski definition) is 6. The summed E-state index contributed by atoms with van der Waals surface area (Å²) in [6.07, 6.45) is 4.79. The molecule has 2 N–H and O–H groups in total. The molecular weight excluding hydrogens is 696 g/mol. The number of carbonyl (C=O) groups is 2. The molecular formula is C33H43FIN3O3S2. The monoisotopic (exact) mass is 739 g/mol. The molecule has 0 atom stereocenters. The van der Waals surface area contributed by atoms with Gasteiger partial charge in [0.15, 0.2) is 0 Å². The second kappa shape index (κ2) is 14.0. The summed E-state index contributed by atoms with van der Waals surface area (Å²) in [7, 11) is 0. The van der Waals surface area contributed by atoms with Gasteiger partial charge in [-0.1, -0.05) is 0 Å². The van der Waals surface area contributed by atoms with Gasteiger partial charge >= 0.3 is 183 Å². The fourth-order valence-electron chi connectivity index (χ4n) is 5.65. The van der Waals surface area contributed by atoms with Crippen molar-refractivity contribution in [3.05, 3.63) is 62.1 Å². The van der Waals surface area contributed by atoms with E-state index in [1.165, 1.54) is 42.8 Å². The van der Waals surface area contributed by atoms with E-state index in [1.54, 1.807) is 11.3 Å². The standard InChI is InChI=1S/C33H43FIN3O3S2/c1-6-35(5)16-18-38-17-15-23-25(29(42-27(23)20-38)21-11-13-22(34)14-12-21)19-36-32(40)37-30-28(31(39)41-33(2,3)4)24-9-7-8-10-26(24)43-30/h11-14H,6-10,15-20H2,1-5H3,(H2,36,37,40). The number of halogens is 2. The Morgan fingerprint density at radius 3 is 2.51 bits per heavy atom. The first-order valence-electron chi connectivity index (χ1n) is 15.1. The van der Waals surface area contributed by atoms with Gasteiger partial charge in [0.25, 0.3) is 0 Å². The minimum absolute atomic E-state index is 0.260. The van der Waals surface area contributed by atoms with Crippen LogP contribution in [0.25, 0.3) is 10.4 Å². The van der Waals surface area contributed by atoms with Crippen LogP contribution in [0.1, 0.15) is 77.3 Å². The SMILES string of the molecule is CCI(C)CCN1CCc2c(sc(-c3ccc(F)cc3)c2CNC(=O)Nc2sc3c(c2C(=O)OC(C)(C)C)CCCC3)C1. The molecule has 2 amide bonds. The molecule has 10 heteroatoms. The van der Waals surface area contributed by atoms with Crippen molar-refractivity contribution in [3.63, 3.8) is 0 Å². The molecule has 234 valence electrons. The van der Waals surface area contributed by atoms with Gasteiger partial charge in [0.1, 0.15) is 5.60 Å². The van der Waals surface area contributed by atoms with Gasteiger partial charge in [-0.3, -0.25) is 0 Å². The summed E-state index contributed by atoms with van der Waals surface area (Å²) in [6, 6.07) is 6.31. The number of fused-ring (bicyclic) bond motifs is 2. The summed E-state index contributed by atoms with van der Waals surface area (Å²) in [6.45, 7) is 11.3. The zero-order valence-corrected chi connectivity index (χ0v) is 29.6. The van der Waals surface area contributed by atoms with Gasteiger partial charge in [-0.15, -0.1) is 11.3 Å². The molecule has 0 unspecified atom stereocenters. The fourth-order valence-corrected chi connectivity index (χ4v) is 10.6. The van der Waals surface area contributed by atoms with Crippen molar-refractivity contribution in [2.75, 3.05) is 32.2 Å². The Morgan fingerprint density at radius 1 is 1.05 bits per heavy atom. The number of ether oxygens (including phenoxy) is 1. The Balaban J connectivity index is 1.35. The predicted molar refractivity (Wildman–Crippen MR) is 186 cm³/mol. The van der Waals surface area contributed by atoms with Crippen molar-refractivity contribution in [2.24, 2.45) is 0 Å². The van der Waals surface area contributed by atoms with Crippen molar-refractivity contribution in [1.29, 1.82) is 0 Å². The van der Waals surface area contributed by atoms with E-state index in [-0.39, 0.29) is 17.8 Å². The number of thiophene rings is 2. The second-order valence-corrected chi connectivity index (χ2v) is 21.2. The first kappa shape index (κ1) is 32.4. The topological polar surface area (TPSA) is 70.7 Å². The van der Waals surface area contributed by atoms with Crippen molar-refractivity contribution in [3.8, 4) is 10.4 Å². The van der Waals surface area contributed by atoms with Crippen molar-refractivity contribution >= 4 is 59.5 Å². The molecule has 5 rings (SSSR count). The number of esters is 1. The van der Waals surface area contributed by atoms with E-state index >= 15 is 0 Å². The summed E-state index contributed by atoms with van der Waals surface area (Å²) in [5.74, 6) is -0.641. The molecule has 3 heterocycles. The summed E-state index contributed by atoms with van der Waals surface area (Å²) >= 11 is 2.46. The van der Waals surface area contributed by atoms with Crippen molar-refractivity contribution in [2.45, 2.75) is 78.5 Å². The van der Waals surface area contributed by atoms with Crippen LogP contribution in [0.4, 0.5) is 14.2 Å². The number of anilines is 1. The molecule has 1 aromatic carbocycles. The molecule has 0 bridgehead atoms. The van der Waals surface area contributed by atoms with E-state index in [0.717, 1.165) is 78.2 Å². The number of carbonyl (C=O) groups excluding carboxylic acids is 2. The van der Waals surface area contributed by atoms with Crippen LogP contribution in [-0.2, 0) is 37.1 Å². The zero-order valence-electron chi connectivity index (χ0n) is 25.8. The number of nitrogens with one attached hydrogen (secondary N) is 2. The molecule has 6 nitrogen and oxygen atoms in total. The van der Waals surface area contributed by atoms with Gasteiger partial charge < -0.3 is 4.74 Å². The van der Waals surface area contributed by atoms with Crippen LogP contribution in [0, 0.1) is 5.82 Å². The van der Waals surface area contributed by atoms with Gasteiger partial charge in [-0.25, -0.2) is 4.79 Å². The van der Waals surface area contributed by atoms with Crippen LogP contribution in [0.3, 0.4) is 0 Å². The maximum absolute atomic E-state index is 13.8. The summed E-state index contributed by atoms with van der Waals surface area (Å²) in [5, 5.41) is 6.65. The molecule has 0 radical (unpaired) electrons. The summed E-state index contributed by atoms with van der Waals surface area (Å²) in [4.78, 5) is 35.2. The Bertz CT molecular complexity index is 1460. The number of benzene rings is 1. The van der Waals surface area contributed by atoms with Gasteiger partial charge in [0.05, 0.1) is 5.56 Å². The third-order valence-electron chi connectivity index (χ3n) is 7.96. The average Bonchev–Trinajstić information content (AvgIpc) is 3.51. The third-order valence-corrected chi connectivity index (χ3v) is 15.4. The van der Waals surface area contributed by atoms with Crippen molar-refractivity contribution in [1.82, 2.24) is 10.2 Å². The molecule has 0 spiro atoms. The average molecular weight is 740 g/mol. The van der Waals surface area contributed by atoms with Crippen LogP contribution in [0.5, 0.6) is 0 Å². The Hall–Kier alpha value is -2.02. The van der Waals surface area contributed by atoms with Crippen LogP contribution < -0.4 is 10.6 Å². The van der Waals surface area contributed by atoms with Crippen LogP contribution >= 0.6 is 42.5 Å². The van der Waals surface area contributed by atoms with E-state index in [1.807, 2.05) is 32.9 Å². The number of hydrogen-bond donors (Lipinski definition) is 2. The molecule has 1 aliphatic carbocycles. The molecule has 3 aromatic rings. The maximum atomic E-state index is 13.8. The van der Waals surface area contributed by atoms with Gasteiger partial charge in [0, 0.05) is 4.88 Å². The van der Waals surface area contributed by atoms with E-state index < -0.39 is 25.4 Å². The minimum atomic E-state index is -0.802. The molecule has 2 aromatic heterocycles. The summed E-state index contributed by atoms with van der Waals surface area (Å²) in [5.41, 5.74) is 4.29.